The fraction of sp³-hybridized carbons (Fsp3) is 0.727. The lowest BCUT2D eigenvalue weighted by molar-refractivity contribution is -0.156. The molecule has 0 radical (unpaired) electrons. The highest BCUT2D eigenvalue weighted by Gasteiger charge is 2.64. The van der Waals surface area contributed by atoms with Crippen molar-refractivity contribution in [1.82, 2.24) is 0 Å². The van der Waals surface area contributed by atoms with E-state index in [-0.39, 0.29) is 42.0 Å². The third-order valence-electron chi connectivity index (χ3n) is 10.2. The van der Waals surface area contributed by atoms with E-state index in [9.17, 15) is 4.79 Å². The summed E-state index contributed by atoms with van der Waals surface area (Å²) >= 11 is 1.89. The second-order valence-corrected chi connectivity index (χ2v) is 21.1. The molecule has 0 saturated carbocycles. The normalized spacial score (nSPS) is 32.4. The largest absolute Gasteiger partial charge is 0.460 e. The molecule has 2 fully saturated rings. The molecule has 39 heavy (non-hydrogen) atoms. The molecular weight excluding hydrogens is 521 g/mol. The minimum atomic E-state index is -2.07. The van der Waals surface area contributed by atoms with E-state index in [2.05, 4.69) is 79.7 Å². The fourth-order valence-electron chi connectivity index (χ4n) is 8.92. The van der Waals surface area contributed by atoms with Gasteiger partial charge in [-0.3, -0.25) is 4.79 Å². The third-order valence-corrected chi connectivity index (χ3v) is 17.6. The first-order valence-corrected chi connectivity index (χ1v) is 18.2. The summed E-state index contributed by atoms with van der Waals surface area (Å²) < 4.78 is 21.7. The molecule has 5 rings (SSSR count). The lowest BCUT2D eigenvalue weighted by Crippen LogP contribution is -2.56. The topological polar surface area (TPSA) is 44.8 Å². The molecule has 2 aromatic rings. The summed E-state index contributed by atoms with van der Waals surface area (Å²) in [6.45, 7) is 24.9. The Balaban J connectivity index is 1.56. The SMILES string of the molecule is CC(C)[Si](O[C@H]1[C@@H](C)[C@@H]2O[C@H]([C@H]1C)[C@H]1C(CC(=O)OC(C)(C)C)c3sc4ccccc4c3[C@@H]21)(C(C)C)C(C)C. The van der Waals surface area contributed by atoms with E-state index in [4.69, 9.17) is 13.9 Å². The first kappa shape index (κ1) is 29.3. The summed E-state index contributed by atoms with van der Waals surface area (Å²) in [5, 5.41) is 1.35. The molecule has 0 amide bonds. The van der Waals surface area contributed by atoms with Crippen LogP contribution in [-0.4, -0.2) is 38.2 Å². The highest BCUT2D eigenvalue weighted by molar-refractivity contribution is 7.19. The van der Waals surface area contributed by atoms with Gasteiger partial charge in [0.1, 0.15) is 5.60 Å². The molecule has 1 aromatic heterocycles. The van der Waals surface area contributed by atoms with Crippen LogP contribution in [0.2, 0.25) is 16.6 Å². The van der Waals surface area contributed by atoms with Crippen molar-refractivity contribution in [3.05, 3.63) is 34.7 Å². The average Bonchev–Trinajstić information content (AvgIpc) is 3.45. The van der Waals surface area contributed by atoms with E-state index in [1.54, 1.807) is 0 Å². The van der Waals surface area contributed by atoms with Gasteiger partial charge < -0.3 is 13.9 Å². The molecule has 6 heteroatoms. The fourth-order valence-corrected chi connectivity index (χ4v) is 16.1. The Morgan fingerprint density at radius 2 is 1.56 bits per heavy atom. The smallest absolute Gasteiger partial charge is 0.306 e. The van der Waals surface area contributed by atoms with Crippen LogP contribution >= 0.6 is 11.3 Å². The van der Waals surface area contributed by atoms with Crippen LogP contribution in [0.3, 0.4) is 0 Å². The molecular formula is C33H50O4SSi. The molecule has 8 atom stereocenters. The van der Waals surface area contributed by atoms with Crippen LogP contribution in [0.4, 0.5) is 0 Å². The summed E-state index contributed by atoms with van der Waals surface area (Å²) in [5.74, 6) is 1.18. The summed E-state index contributed by atoms with van der Waals surface area (Å²) in [5.41, 5.74) is 2.60. The van der Waals surface area contributed by atoms with Crippen molar-refractivity contribution in [2.45, 2.75) is 135 Å². The van der Waals surface area contributed by atoms with E-state index in [0.29, 0.717) is 34.9 Å². The van der Waals surface area contributed by atoms with E-state index in [1.807, 2.05) is 32.1 Å². The molecule has 0 N–H and O–H groups in total. The summed E-state index contributed by atoms with van der Waals surface area (Å²) in [4.78, 5) is 14.7. The maximum Gasteiger partial charge on any atom is 0.306 e. The zero-order valence-electron chi connectivity index (χ0n) is 25.9. The second kappa shape index (κ2) is 10.3. The monoisotopic (exact) mass is 570 g/mol. The predicted molar refractivity (Wildman–Crippen MR) is 164 cm³/mol. The number of hydrogen-bond acceptors (Lipinski definition) is 5. The van der Waals surface area contributed by atoms with Gasteiger partial charge in [0.2, 0.25) is 8.32 Å². The summed E-state index contributed by atoms with van der Waals surface area (Å²) in [6, 6.07) is 8.78. The molecule has 1 aromatic carbocycles. The molecule has 216 valence electrons. The van der Waals surface area contributed by atoms with Gasteiger partial charge in [-0.2, -0.15) is 0 Å². The van der Waals surface area contributed by atoms with Crippen LogP contribution in [0.25, 0.3) is 10.1 Å². The minimum Gasteiger partial charge on any atom is -0.460 e. The quantitative estimate of drug-likeness (QED) is 0.246. The Kier molecular flexibility index (Phi) is 7.70. The van der Waals surface area contributed by atoms with Crippen LogP contribution in [0.5, 0.6) is 0 Å². The summed E-state index contributed by atoms with van der Waals surface area (Å²) in [7, 11) is -2.07. The van der Waals surface area contributed by atoms with Gasteiger partial charge in [0.25, 0.3) is 0 Å². The molecule has 1 unspecified atom stereocenters. The van der Waals surface area contributed by atoms with Gasteiger partial charge in [0.15, 0.2) is 0 Å². The van der Waals surface area contributed by atoms with Crippen LogP contribution in [0.1, 0.15) is 105 Å². The molecule has 4 nitrogen and oxygen atoms in total. The molecule has 2 aliphatic heterocycles. The van der Waals surface area contributed by atoms with Gasteiger partial charge in [-0.05, 0) is 54.4 Å². The lowest BCUT2D eigenvalue weighted by atomic mass is 9.79. The number of hydrogen-bond donors (Lipinski definition) is 0. The van der Waals surface area contributed by atoms with Gasteiger partial charge in [-0.15, -0.1) is 11.3 Å². The number of rotatable bonds is 7. The first-order chi connectivity index (χ1) is 18.2. The van der Waals surface area contributed by atoms with E-state index >= 15 is 0 Å². The molecule has 3 aliphatic rings. The van der Waals surface area contributed by atoms with E-state index < -0.39 is 13.9 Å². The predicted octanol–water partition coefficient (Wildman–Crippen LogP) is 9.04. The maximum absolute atomic E-state index is 13.3. The number of carbonyl (C=O) groups excluding carboxylic acids is 1. The first-order valence-electron chi connectivity index (χ1n) is 15.2. The Morgan fingerprint density at radius 3 is 2.15 bits per heavy atom. The van der Waals surface area contributed by atoms with Crippen molar-refractivity contribution in [1.29, 1.82) is 0 Å². The van der Waals surface area contributed by atoms with Gasteiger partial charge in [0.05, 0.1) is 24.7 Å². The molecule has 1 aliphatic carbocycles. The zero-order chi connectivity index (χ0) is 28.6. The maximum atomic E-state index is 13.3. The number of thiophene rings is 1. The highest BCUT2D eigenvalue weighted by atomic mass is 32.1. The average molecular weight is 571 g/mol. The number of fused-ring (bicyclic) bond motifs is 9. The number of carbonyl (C=O) groups is 1. The Bertz CT molecular complexity index is 1190. The van der Waals surface area contributed by atoms with Gasteiger partial charge in [-0.1, -0.05) is 73.6 Å². The Morgan fingerprint density at radius 1 is 0.974 bits per heavy atom. The zero-order valence-corrected chi connectivity index (χ0v) is 27.7. The van der Waals surface area contributed by atoms with Gasteiger partial charge in [0, 0.05) is 39.2 Å². The number of esters is 1. The second-order valence-electron chi connectivity index (χ2n) is 14.6. The van der Waals surface area contributed by atoms with E-state index in [1.165, 1.54) is 20.5 Å². The minimum absolute atomic E-state index is 0.0881. The van der Waals surface area contributed by atoms with E-state index in [0.717, 1.165) is 0 Å². The molecule has 0 spiro atoms. The van der Waals surface area contributed by atoms with Gasteiger partial charge in [-0.25, -0.2) is 0 Å². The van der Waals surface area contributed by atoms with Crippen LogP contribution < -0.4 is 0 Å². The number of benzene rings is 1. The molecule has 3 heterocycles. The standard InChI is InChI=1S/C33H50O4SSi/c1-17(2)39(18(3)4,19(5)6)37-29-20(7)30-26-23(16-25(34)36-33(9,10)11)32-27(28(26)31(35-30)21(29)8)22-14-12-13-15-24(22)38-32/h12-15,17-21,23,26,28-31H,16H2,1-11H3/t20-,21+,23?,26-,28-,29+,30+,31-/m0/s1. The van der Waals surface area contributed by atoms with Crippen LogP contribution in [0, 0.1) is 17.8 Å². The van der Waals surface area contributed by atoms with Crippen molar-refractivity contribution < 1.29 is 18.7 Å². The van der Waals surface area contributed by atoms with Crippen molar-refractivity contribution in [3.8, 4) is 0 Å². The third kappa shape index (κ3) is 4.66. The van der Waals surface area contributed by atoms with Crippen molar-refractivity contribution >= 4 is 35.7 Å². The summed E-state index contributed by atoms with van der Waals surface area (Å²) in [6.07, 6.45) is 0.791. The van der Waals surface area contributed by atoms with Crippen LogP contribution in [0.15, 0.2) is 24.3 Å². The van der Waals surface area contributed by atoms with Crippen molar-refractivity contribution in [2.75, 3.05) is 0 Å². The molecule has 2 bridgehead atoms. The Labute approximate surface area is 241 Å². The number of ether oxygens (including phenoxy) is 2. The molecule has 2 saturated heterocycles. The van der Waals surface area contributed by atoms with Gasteiger partial charge >= 0.3 is 5.97 Å². The highest BCUT2D eigenvalue weighted by Crippen LogP contribution is 2.65. The van der Waals surface area contributed by atoms with Crippen molar-refractivity contribution in [3.63, 3.8) is 0 Å². The van der Waals surface area contributed by atoms with Crippen LogP contribution in [-0.2, 0) is 18.7 Å². The Hall–Kier alpha value is -1.21. The lowest BCUT2D eigenvalue weighted by Gasteiger charge is -2.50. The van der Waals surface area contributed by atoms with Crippen molar-refractivity contribution in [2.24, 2.45) is 17.8 Å².